The third-order valence-corrected chi connectivity index (χ3v) is 2.69. The van der Waals surface area contributed by atoms with Crippen LogP contribution >= 0.6 is 15.9 Å². The Labute approximate surface area is 122 Å². The molecule has 2 rings (SSSR count). The summed E-state index contributed by atoms with van der Waals surface area (Å²) in [5, 5.41) is 12.9. The molecule has 0 aliphatic carbocycles. The largest absolute Gasteiger partial charge is 0.546 e. The van der Waals surface area contributed by atoms with Crippen LogP contribution in [0.4, 0.5) is 5.69 Å². The summed E-state index contributed by atoms with van der Waals surface area (Å²) in [5.41, 5.74) is 0.531. The summed E-state index contributed by atoms with van der Waals surface area (Å²) in [5.74, 6) is -1.15. The van der Waals surface area contributed by atoms with Gasteiger partial charge in [-0.05, 0) is 52.3 Å². The highest BCUT2D eigenvalue weighted by Gasteiger charge is 2.10. The van der Waals surface area contributed by atoms with Crippen molar-refractivity contribution in [2.45, 2.75) is 0 Å². The number of ether oxygens (including phenoxy) is 1. The fourth-order valence-corrected chi connectivity index (χ4v) is 1.71. The van der Waals surface area contributed by atoms with Gasteiger partial charge >= 0.3 is 0 Å². The van der Waals surface area contributed by atoms with Crippen LogP contribution in [-0.2, 0) is 4.79 Å². The third-order valence-electron chi connectivity index (χ3n) is 2.27. The molecule has 0 unspecified atom stereocenters. The summed E-state index contributed by atoms with van der Waals surface area (Å²) in [6.07, 6.45) is 0. The highest BCUT2D eigenvalue weighted by molar-refractivity contribution is 9.10. The average Bonchev–Trinajstić information content (AvgIpc) is 2.85. The zero-order valence-electron chi connectivity index (χ0n) is 10.1. The molecule has 1 heterocycles. The summed E-state index contributed by atoms with van der Waals surface area (Å²) in [7, 11) is 0. The Bertz CT molecular complexity index is 620. The molecule has 1 aromatic carbocycles. The second-order valence-corrected chi connectivity index (χ2v) is 4.52. The fourth-order valence-electron chi connectivity index (χ4n) is 1.41. The number of halogens is 1. The average molecular weight is 339 g/mol. The van der Waals surface area contributed by atoms with Crippen molar-refractivity contribution >= 4 is 33.5 Å². The SMILES string of the molecule is O=C([O-])COc1ccc(NC(=O)c2ccc(Br)o2)cc1. The number of carboxylic acid groups (broad SMARTS) is 1. The Hall–Kier alpha value is -2.28. The van der Waals surface area contributed by atoms with Gasteiger partial charge in [0.15, 0.2) is 10.4 Å². The first-order chi connectivity index (χ1) is 9.54. The number of benzene rings is 1. The Morgan fingerprint density at radius 2 is 1.90 bits per heavy atom. The van der Waals surface area contributed by atoms with Gasteiger partial charge in [-0.2, -0.15) is 0 Å². The smallest absolute Gasteiger partial charge is 0.291 e. The minimum Gasteiger partial charge on any atom is -0.546 e. The molecule has 0 bridgehead atoms. The molecule has 0 radical (unpaired) electrons. The number of carbonyl (C=O) groups is 2. The van der Waals surface area contributed by atoms with Crippen molar-refractivity contribution in [3.05, 3.63) is 46.8 Å². The van der Waals surface area contributed by atoms with Crippen LogP contribution in [-0.4, -0.2) is 18.5 Å². The Balaban J connectivity index is 1.96. The van der Waals surface area contributed by atoms with Gasteiger partial charge in [-0.3, -0.25) is 4.79 Å². The van der Waals surface area contributed by atoms with E-state index in [1.807, 2.05) is 0 Å². The minimum atomic E-state index is -1.30. The maximum atomic E-state index is 11.8. The van der Waals surface area contributed by atoms with Gasteiger partial charge in [-0.25, -0.2) is 0 Å². The van der Waals surface area contributed by atoms with Gasteiger partial charge in [0.05, 0.1) is 5.97 Å². The van der Waals surface area contributed by atoms with E-state index in [1.165, 1.54) is 18.2 Å². The first kappa shape index (κ1) is 14.1. The zero-order valence-corrected chi connectivity index (χ0v) is 11.7. The lowest BCUT2D eigenvalue weighted by molar-refractivity contribution is -0.307. The highest BCUT2D eigenvalue weighted by Crippen LogP contribution is 2.18. The van der Waals surface area contributed by atoms with Gasteiger partial charge in [-0.1, -0.05) is 0 Å². The van der Waals surface area contributed by atoms with Crippen molar-refractivity contribution < 1.29 is 23.8 Å². The van der Waals surface area contributed by atoms with Crippen molar-refractivity contribution in [1.82, 2.24) is 0 Å². The number of rotatable bonds is 5. The number of hydrogen-bond acceptors (Lipinski definition) is 5. The van der Waals surface area contributed by atoms with Crippen LogP contribution in [0.5, 0.6) is 5.75 Å². The van der Waals surface area contributed by atoms with Crippen molar-refractivity contribution in [2.75, 3.05) is 11.9 Å². The number of nitrogens with one attached hydrogen (secondary N) is 1. The van der Waals surface area contributed by atoms with Crippen LogP contribution in [0.3, 0.4) is 0 Å². The zero-order chi connectivity index (χ0) is 14.5. The maximum absolute atomic E-state index is 11.8. The van der Waals surface area contributed by atoms with Gasteiger partial charge in [-0.15, -0.1) is 0 Å². The van der Waals surface area contributed by atoms with Crippen LogP contribution in [0.25, 0.3) is 0 Å². The molecule has 0 aliphatic heterocycles. The molecule has 0 spiro atoms. The predicted molar refractivity (Wildman–Crippen MR) is 71.3 cm³/mol. The first-order valence-corrected chi connectivity index (χ1v) is 6.33. The van der Waals surface area contributed by atoms with Crippen LogP contribution in [0.15, 0.2) is 45.5 Å². The molecule has 104 valence electrons. The summed E-state index contributed by atoms with van der Waals surface area (Å²) in [4.78, 5) is 22.0. The Morgan fingerprint density at radius 1 is 1.20 bits per heavy atom. The lowest BCUT2D eigenvalue weighted by atomic mass is 10.3. The third kappa shape index (κ3) is 3.86. The minimum absolute atomic E-state index is 0.175. The summed E-state index contributed by atoms with van der Waals surface area (Å²) in [6.45, 7) is -0.522. The number of amides is 1. The van der Waals surface area contributed by atoms with E-state index in [2.05, 4.69) is 21.2 Å². The second-order valence-electron chi connectivity index (χ2n) is 3.74. The lowest BCUT2D eigenvalue weighted by Crippen LogP contribution is -2.28. The van der Waals surface area contributed by atoms with Crippen LogP contribution in [0, 0.1) is 0 Å². The van der Waals surface area contributed by atoms with Crippen molar-refractivity contribution in [3.63, 3.8) is 0 Å². The van der Waals surface area contributed by atoms with Gasteiger partial charge in [0.2, 0.25) is 0 Å². The van der Waals surface area contributed by atoms with E-state index in [9.17, 15) is 14.7 Å². The molecule has 1 amide bonds. The normalized spacial score (nSPS) is 10.1. The van der Waals surface area contributed by atoms with Crippen LogP contribution in [0.1, 0.15) is 10.6 Å². The summed E-state index contributed by atoms with van der Waals surface area (Å²) >= 11 is 3.11. The number of aliphatic carboxylic acids is 1. The van der Waals surface area contributed by atoms with Gasteiger partial charge in [0.1, 0.15) is 12.4 Å². The number of carboxylic acids is 1. The number of hydrogen-bond donors (Lipinski definition) is 1. The monoisotopic (exact) mass is 338 g/mol. The maximum Gasteiger partial charge on any atom is 0.291 e. The highest BCUT2D eigenvalue weighted by atomic mass is 79.9. The summed E-state index contributed by atoms with van der Waals surface area (Å²) in [6, 6.07) is 9.40. The van der Waals surface area contributed by atoms with Crippen LogP contribution < -0.4 is 15.2 Å². The van der Waals surface area contributed by atoms with E-state index in [0.29, 0.717) is 16.1 Å². The molecule has 7 heteroatoms. The van der Waals surface area contributed by atoms with Crippen molar-refractivity contribution in [1.29, 1.82) is 0 Å². The van der Waals surface area contributed by atoms with Gasteiger partial charge < -0.3 is 24.4 Å². The molecule has 0 aliphatic rings. The van der Waals surface area contributed by atoms with E-state index in [1.54, 1.807) is 18.2 Å². The fraction of sp³-hybridized carbons (Fsp3) is 0.0769. The lowest BCUT2D eigenvalue weighted by Gasteiger charge is -2.08. The van der Waals surface area contributed by atoms with E-state index in [4.69, 9.17) is 9.15 Å². The number of furan rings is 1. The van der Waals surface area contributed by atoms with Gasteiger partial charge in [0.25, 0.3) is 5.91 Å². The Kier molecular flexibility index (Phi) is 4.41. The molecule has 0 atom stereocenters. The van der Waals surface area contributed by atoms with E-state index in [0.717, 1.165) is 0 Å². The predicted octanol–water partition coefficient (Wildman–Crippen LogP) is 1.42. The van der Waals surface area contributed by atoms with Crippen LogP contribution in [0.2, 0.25) is 0 Å². The molecule has 0 fully saturated rings. The molecule has 1 N–H and O–H groups in total. The molecule has 0 saturated carbocycles. The molecular weight excluding hydrogens is 330 g/mol. The number of anilines is 1. The standard InChI is InChI=1S/C13H10BrNO5/c14-11-6-5-10(20-11)13(18)15-8-1-3-9(4-2-8)19-7-12(16)17/h1-6H,7H2,(H,15,18)(H,16,17)/p-1. The number of carbonyl (C=O) groups excluding carboxylic acids is 2. The quantitative estimate of drug-likeness (QED) is 0.890. The van der Waals surface area contributed by atoms with Crippen molar-refractivity contribution in [3.8, 4) is 5.75 Å². The van der Waals surface area contributed by atoms with E-state index in [-0.39, 0.29) is 11.7 Å². The van der Waals surface area contributed by atoms with Gasteiger partial charge in [0, 0.05) is 5.69 Å². The molecular formula is C13H9BrNO5-. The second kappa shape index (κ2) is 6.25. The molecule has 2 aromatic rings. The first-order valence-electron chi connectivity index (χ1n) is 5.54. The molecule has 20 heavy (non-hydrogen) atoms. The summed E-state index contributed by atoms with van der Waals surface area (Å²) < 4.78 is 10.5. The topological polar surface area (TPSA) is 91.6 Å². The molecule has 6 nitrogen and oxygen atoms in total. The Morgan fingerprint density at radius 3 is 2.45 bits per heavy atom. The molecule has 1 aromatic heterocycles. The van der Waals surface area contributed by atoms with E-state index >= 15 is 0 Å². The van der Waals surface area contributed by atoms with Crippen molar-refractivity contribution in [2.24, 2.45) is 0 Å². The van der Waals surface area contributed by atoms with E-state index < -0.39 is 12.6 Å². The molecule has 0 saturated heterocycles.